The number of rotatable bonds is 7. The van der Waals surface area contributed by atoms with Gasteiger partial charge in [0.1, 0.15) is 0 Å². The predicted molar refractivity (Wildman–Crippen MR) is 78.8 cm³/mol. The van der Waals surface area contributed by atoms with E-state index in [1.54, 1.807) is 0 Å². The van der Waals surface area contributed by atoms with Gasteiger partial charge in [-0.15, -0.1) is 0 Å². The summed E-state index contributed by atoms with van der Waals surface area (Å²) in [4.78, 5) is 3.08. The second-order valence-corrected chi connectivity index (χ2v) is 5.72. The van der Waals surface area contributed by atoms with E-state index in [2.05, 4.69) is 25.7 Å². The third-order valence-electron chi connectivity index (χ3n) is 3.36. The lowest BCUT2D eigenvalue weighted by Crippen LogP contribution is -2.31. The lowest BCUT2D eigenvalue weighted by Gasteiger charge is -2.31. The fraction of sp³-hybridized carbons (Fsp3) is 0.714. The average Bonchev–Trinajstić information content (AvgIpc) is 2.37. The van der Waals surface area contributed by atoms with Crippen molar-refractivity contribution in [2.75, 3.05) is 13.1 Å². The van der Waals surface area contributed by atoms with Crippen molar-refractivity contribution in [2.45, 2.75) is 46.1 Å². The van der Waals surface area contributed by atoms with Gasteiger partial charge in [-0.2, -0.15) is 3.89 Å². The van der Waals surface area contributed by atoms with Crippen LogP contribution in [-0.2, 0) is 0 Å². The molecule has 4 heteroatoms. The molecule has 0 aromatic rings. The molecule has 0 aromatic carbocycles. The second-order valence-electron chi connectivity index (χ2n) is 5.07. The molecule has 1 aliphatic carbocycles. The Morgan fingerprint density at radius 1 is 1.56 bits per heavy atom. The van der Waals surface area contributed by atoms with E-state index < -0.39 is 0 Å². The third kappa shape index (κ3) is 4.32. The zero-order valence-electron chi connectivity index (χ0n) is 11.7. The van der Waals surface area contributed by atoms with Crippen molar-refractivity contribution in [3.05, 3.63) is 22.8 Å². The standard InChI is InChI=1S/C14H25FN2S/c1-4-8-17(10-11(3)5-2)13-7-6-12(16)9-14(13)18-15/h6-7,11-12H,4-5,8-10,16H2,1-3H3. The first kappa shape index (κ1) is 15.6. The topological polar surface area (TPSA) is 29.3 Å². The van der Waals surface area contributed by atoms with E-state index in [1.807, 2.05) is 12.2 Å². The molecular formula is C14H25FN2S. The van der Waals surface area contributed by atoms with Crippen LogP contribution in [0, 0.1) is 5.92 Å². The van der Waals surface area contributed by atoms with Crippen LogP contribution in [0.3, 0.4) is 0 Å². The molecule has 2 unspecified atom stereocenters. The van der Waals surface area contributed by atoms with Gasteiger partial charge >= 0.3 is 0 Å². The van der Waals surface area contributed by atoms with E-state index in [0.717, 1.165) is 36.5 Å². The molecule has 104 valence electrons. The molecule has 2 N–H and O–H groups in total. The van der Waals surface area contributed by atoms with Gasteiger partial charge in [0.15, 0.2) is 0 Å². The summed E-state index contributed by atoms with van der Waals surface area (Å²) in [6.45, 7) is 8.56. The molecule has 0 aliphatic heterocycles. The van der Waals surface area contributed by atoms with Crippen LogP contribution in [0.1, 0.15) is 40.0 Å². The molecule has 2 atom stereocenters. The summed E-state index contributed by atoms with van der Waals surface area (Å²) in [6, 6.07) is -0.0425. The summed E-state index contributed by atoms with van der Waals surface area (Å²) in [6.07, 6.45) is 6.81. The quantitative estimate of drug-likeness (QED) is 0.763. The Kier molecular flexibility index (Phi) is 6.79. The van der Waals surface area contributed by atoms with Crippen LogP contribution in [0.25, 0.3) is 0 Å². The molecule has 0 radical (unpaired) electrons. The number of hydrogen-bond donors (Lipinski definition) is 1. The molecular weight excluding hydrogens is 247 g/mol. The van der Waals surface area contributed by atoms with Gasteiger partial charge in [0, 0.05) is 36.2 Å². The molecule has 0 amide bonds. The van der Waals surface area contributed by atoms with E-state index in [4.69, 9.17) is 5.73 Å². The highest BCUT2D eigenvalue weighted by molar-refractivity contribution is 7.98. The van der Waals surface area contributed by atoms with E-state index in [1.165, 1.54) is 0 Å². The molecule has 0 aromatic heterocycles. The van der Waals surface area contributed by atoms with Crippen LogP contribution in [0.4, 0.5) is 3.89 Å². The number of hydrogen-bond acceptors (Lipinski definition) is 3. The van der Waals surface area contributed by atoms with E-state index in [0.29, 0.717) is 24.5 Å². The Labute approximate surface area is 115 Å². The zero-order valence-corrected chi connectivity index (χ0v) is 12.5. The minimum absolute atomic E-state index is 0.0425. The van der Waals surface area contributed by atoms with Crippen molar-refractivity contribution in [1.29, 1.82) is 0 Å². The number of allylic oxidation sites excluding steroid dienone is 1. The second kappa shape index (κ2) is 7.85. The predicted octanol–water partition coefficient (Wildman–Crippen LogP) is 3.86. The van der Waals surface area contributed by atoms with Crippen LogP contribution in [0.15, 0.2) is 22.8 Å². The molecule has 0 saturated carbocycles. The number of nitrogens with two attached hydrogens (primary N) is 1. The van der Waals surface area contributed by atoms with E-state index >= 15 is 0 Å². The van der Waals surface area contributed by atoms with Crippen LogP contribution in [-0.4, -0.2) is 24.0 Å². The molecule has 2 nitrogen and oxygen atoms in total. The highest BCUT2D eigenvalue weighted by Crippen LogP contribution is 2.32. The van der Waals surface area contributed by atoms with Gasteiger partial charge in [0.05, 0.1) is 12.1 Å². The van der Waals surface area contributed by atoms with Crippen LogP contribution < -0.4 is 5.73 Å². The molecule has 18 heavy (non-hydrogen) atoms. The lowest BCUT2D eigenvalue weighted by atomic mass is 10.0. The van der Waals surface area contributed by atoms with Crippen molar-refractivity contribution in [2.24, 2.45) is 11.7 Å². The van der Waals surface area contributed by atoms with Gasteiger partial charge in [0.25, 0.3) is 0 Å². The van der Waals surface area contributed by atoms with Gasteiger partial charge in [0.2, 0.25) is 0 Å². The largest absolute Gasteiger partial charge is 0.371 e. The fourth-order valence-electron chi connectivity index (χ4n) is 2.13. The van der Waals surface area contributed by atoms with E-state index in [9.17, 15) is 3.89 Å². The number of nitrogens with zero attached hydrogens (tertiary/aromatic N) is 1. The molecule has 0 fully saturated rings. The number of halogens is 1. The lowest BCUT2D eigenvalue weighted by molar-refractivity contribution is 0.296. The van der Waals surface area contributed by atoms with Crippen molar-refractivity contribution < 1.29 is 3.89 Å². The van der Waals surface area contributed by atoms with Crippen molar-refractivity contribution in [3.63, 3.8) is 0 Å². The van der Waals surface area contributed by atoms with Gasteiger partial charge < -0.3 is 10.6 Å². The van der Waals surface area contributed by atoms with Gasteiger partial charge in [-0.1, -0.05) is 33.3 Å². The summed E-state index contributed by atoms with van der Waals surface area (Å²) >= 11 is 0.353. The maximum Gasteiger partial charge on any atom is 0.0790 e. The smallest absolute Gasteiger partial charge is 0.0790 e. The Balaban J connectivity index is 2.86. The molecule has 0 spiro atoms. The third-order valence-corrected chi connectivity index (χ3v) is 3.93. The van der Waals surface area contributed by atoms with E-state index in [-0.39, 0.29) is 6.04 Å². The summed E-state index contributed by atoms with van der Waals surface area (Å²) in [7, 11) is 0. The summed E-state index contributed by atoms with van der Waals surface area (Å²) in [5.41, 5.74) is 6.88. The fourth-order valence-corrected chi connectivity index (χ4v) is 2.66. The van der Waals surface area contributed by atoms with Crippen LogP contribution >= 0.6 is 12.1 Å². The molecule has 0 heterocycles. The SMILES string of the molecule is CCCN(CC(C)CC)C1=C(SF)CC(N)C=C1. The Bertz CT molecular complexity index is 315. The highest BCUT2D eigenvalue weighted by Gasteiger charge is 2.20. The Hall–Kier alpha value is -0.480. The highest BCUT2D eigenvalue weighted by atomic mass is 32.2. The zero-order chi connectivity index (χ0) is 13.5. The molecule has 0 bridgehead atoms. The minimum atomic E-state index is -0.0425. The maximum atomic E-state index is 13.1. The first-order chi connectivity index (χ1) is 8.62. The maximum absolute atomic E-state index is 13.1. The van der Waals surface area contributed by atoms with Crippen molar-refractivity contribution >= 4 is 12.1 Å². The van der Waals surface area contributed by atoms with Crippen molar-refractivity contribution in [1.82, 2.24) is 4.90 Å². The Morgan fingerprint density at radius 3 is 2.83 bits per heavy atom. The van der Waals surface area contributed by atoms with Crippen LogP contribution in [0.5, 0.6) is 0 Å². The van der Waals surface area contributed by atoms with Gasteiger partial charge in [-0.05, 0) is 18.4 Å². The first-order valence-corrected chi connectivity index (χ1v) is 7.54. The summed E-state index contributed by atoms with van der Waals surface area (Å²) in [5, 5.41) is 0. The van der Waals surface area contributed by atoms with Gasteiger partial charge in [-0.3, -0.25) is 0 Å². The minimum Gasteiger partial charge on any atom is -0.371 e. The molecule has 0 saturated heterocycles. The normalized spacial score (nSPS) is 21.3. The molecule has 1 rings (SSSR count). The van der Waals surface area contributed by atoms with Gasteiger partial charge in [-0.25, -0.2) is 0 Å². The summed E-state index contributed by atoms with van der Waals surface area (Å²) in [5.74, 6) is 0.624. The summed E-state index contributed by atoms with van der Waals surface area (Å²) < 4.78 is 13.1. The van der Waals surface area contributed by atoms with Crippen molar-refractivity contribution in [3.8, 4) is 0 Å². The molecule has 1 aliphatic rings. The Morgan fingerprint density at radius 2 is 2.28 bits per heavy atom. The monoisotopic (exact) mass is 272 g/mol. The van der Waals surface area contributed by atoms with Crippen LogP contribution in [0.2, 0.25) is 0 Å². The first-order valence-electron chi connectivity index (χ1n) is 6.82. The average molecular weight is 272 g/mol.